The summed E-state index contributed by atoms with van der Waals surface area (Å²) in [6.45, 7) is 2.20. The zero-order chi connectivity index (χ0) is 17.2. The maximum atomic E-state index is 12.8. The average molecular weight is 349 g/mol. The first kappa shape index (κ1) is 16.8. The van der Waals surface area contributed by atoms with Crippen LogP contribution in [-0.2, 0) is 16.4 Å². The van der Waals surface area contributed by atoms with E-state index >= 15 is 0 Å². The zero-order valence-electron chi connectivity index (χ0n) is 13.5. The van der Waals surface area contributed by atoms with Crippen molar-refractivity contribution in [2.24, 2.45) is 0 Å². The van der Waals surface area contributed by atoms with Gasteiger partial charge in [-0.2, -0.15) is 0 Å². The summed E-state index contributed by atoms with van der Waals surface area (Å²) in [4.78, 5) is 0. The molecule has 2 aromatic carbocycles. The second-order valence-corrected chi connectivity index (χ2v) is 7.92. The SMILES string of the molecule is CC1Cc2ccccc2N1S(=O)(=O)CCCOc1ccc(F)cc1. The number of nitrogens with zero attached hydrogens (tertiary/aromatic N) is 1. The van der Waals surface area contributed by atoms with E-state index in [-0.39, 0.29) is 24.2 Å². The highest BCUT2D eigenvalue weighted by Crippen LogP contribution is 2.34. The van der Waals surface area contributed by atoms with Gasteiger partial charge in [0.1, 0.15) is 11.6 Å². The first-order valence-electron chi connectivity index (χ1n) is 7.96. The van der Waals surface area contributed by atoms with Crippen molar-refractivity contribution in [1.82, 2.24) is 0 Å². The summed E-state index contributed by atoms with van der Waals surface area (Å²) in [5, 5.41) is 0. The summed E-state index contributed by atoms with van der Waals surface area (Å²) in [6.07, 6.45) is 1.12. The molecule has 0 fully saturated rings. The molecule has 0 saturated heterocycles. The molecule has 6 heteroatoms. The van der Waals surface area contributed by atoms with E-state index < -0.39 is 10.0 Å². The minimum Gasteiger partial charge on any atom is -0.494 e. The van der Waals surface area contributed by atoms with Crippen LogP contribution in [-0.4, -0.2) is 26.8 Å². The van der Waals surface area contributed by atoms with Gasteiger partial charge in [-0.15, -0.1) is 0 Å². The van der Waals surface area contributed by atoms with E-state index in [0.717, 1.165) is 17.7 Å². The highest BCUT2D eigenvalue weighted by atomic mass is 32.2. The van der Waals surface area contributed by atoms with E-state index in [1.807, 2.05) is 31.2 Å². The van der Waals surface area contributed by atoms with Crippen molar-refractivity contribution in [3.05, 3.63) is 59.9 Å². The monoisotopic (exact) mass is 349 g/mol. The predicted molar refractivity (Wildman–Crippen MR) is 92.4 cm³/mol. The smallest absolute Gasteiger partial charge is 0.235 e. The standard InChI is InChI=1S/C18H20FNO3S/c1-14-13-15-5-2-3-6-18(15)20(14)24(21,22)12-4-11-23-17-9-7-16(19)8-10-17/h2-3,5-10,14H,4,11-13H2,1H3. The van der Waals surface area contributed by atoms with Crippen molar-refractivity contribution in [2.45, 2.75) is 25.8 Å². The molecule has 2 aromatic rings. The number of sulfonamides is 1. The molecule has 1 atom stereocenters. The molecule has 0 saturated carbocycles. The highest BCUT2D eigenvalue weighted by molar-refractivity contribution is 7.92. The van der Waals surface area contributed by atoms with Crippen LogP contribution in [0.4, 0.5) is 10.1 Å². The van der Waals surface area contributed by atoms with Crippen LogP contribution in [0.2, 0.25) is 0 Å². The summed E-state index contributed by atoms with van der Waals surface area (Å²) in [5.74, 6) is 0.229. The largest absolute Gasteiger partial charge is 0.494 e. The third-order valence-electron chi connectivity index (χ3n) is 4.07. The summed E-state index contributed by atoms with van der Waals surface area (Å²) in [6, 6.07) is 13.2. The molecule has 1 aliphatic rings. The Labute approximate surface area is 141 Å². The van der Waals surface area contributed by atoms with Gasteiger partial charge in [0.2, 0.25) is 10.0 Å². The molecule has 1 heterocycles. The Balaban J connectivity index is 1.59. The van der Waals surface area contributed by atoms with Crippen molar-refractivity contribution in [3.8, 4) is 5.75 Å². The van der Waals surface area contributed by atoms with Gasteiger partial charge in [0.15, 0.2) is 0 Å². The minimum absolute atomic E-state index is 0.0207. The fourth-order valence-electron chi connectivity index (χ4n) is 3.02. The second-order valence-electron chi connectivity index (χ2n) is 5.95. The Morgan fingerprint density at radius 1 is 1.17 bits per heavy atom. The van der Waals surface area contributed by atoms with E-state index in [9.17, 15) is 12.8 Å². The molecule has 24 heavy (non-hydrogen) atoms. The summed E-state index contributed by atoms with van der Waals surface area (Å²) in [7, 11) is -3.39. The average Bonchev–Trinajstić information content (AvgIpc) is 2.90. The van der Waals surface area contributed by atoms with E-state index in [1.165, 1.54) is 28.6 Å². The van der Waals surface area contributed by atoms with Crippen molar-refractivity contribution in [3.63, 3.8) is 0 Å². The predicted octanol–water partition coefficient (Wildman–Crippen LogP) is 3.38. The van der Waals surface area contributed by atoms with Gasteiger partial charge in [-0.25, -0.2) is 12.8 Å². The van der Waals surface area contributed by atoms with Crippen molar-refractivity contribution < 1.29 is 17.5 Å². The van der Waals surface area contributed by atoms with E-state index in [0.29, 0.717) is 12.2 Å². The molecular formula is C18H20FNO3S. The highest BCUT2D eigenvalue weighted by Gasteiger charge is 2.34. The van der Waals surface area contributed by atoms with Crippen molar-refractivity contribution in [2.75, 3.05) is 16.7 Å². The topological polar surface area (TPSA) is 46.6 Å². The molecule has 128 valence electrons. The third kappa shape index (κ3) is 3.53. The molecule has 0 amide bonds. The van der Waals surface area contributed by atoms with Gasteiger partial charge in [0, 0.05) is 6.04 Å². The third-order valence-corrected chi connectivity index (χ3v) is 6.03. The molecule has 0 aliphatic carbocycles. The molecule has 1 aliphatic heterocycles. The van der Waals surface area contributed by atoms with Gasteiger partial charge >= 0.3 is 0 Å². The Bertz CT molecular complexity index is 805. The number of rotatable bonds is 6. The van der Waals surface area contributed by atoms with Gasteiger partial charge in [0.25, 0.3) is 0 Å². The normalized spacial score (nSPS) is 16.9. The first-order valence-corrected chi connectivity index (χ1v) is 9.57. The molecule has 0 radical (unpaired) electrons. The molecule has 0 bridgehead atoms. The Morgan fingerprint density at radius 2 is 1.88 bits per heavy atom. The molecule has 0 aromatic heterocycles. The summed E-state index contributed by atoms with van der Waals surface area (Å²) >= 11 is 0. The van der Waals surface area contributed by atoms with Gasteiger partial charge in [-0.05, 0) is 55.7 Å². The Hall–Kier alpha value is -2.08. The fraction of sp³-hybridized carbons (Fsp3) is 0.333. The van der Waals surface area contributed by atoms with Crippen LogP contribution in [0.5, 0.6) is 5.75 Å². The van der Waals surface area contributed by atoms with Crippen LogP contribution in [0.1, 0.15) is 18.9 Å². The van der Waals surface area contributed by atoms with E-state index in [1.54, 1.807) is 0 Å². The number of para-hydroxylation sites is 1. The molecule has 0 N–H and O–H groups in total. The van der Waals surface area contributed by atoms with Gasteiger partial charge in [0.05, 0.1) is 18.0 Å². The molecule has 0 spiro atoms. The Kier molecular flexibility index (Phi) is 4.76. The van der Waals surface area contributed by atoms with Gasteiger partial charge in [-0.3, -0.25) is 4.31 Å². The van der Waals surface area contributed by atoms with E-state index in [2.05, 4.69) is 0 Å². The summed E-state index contributed by atoms with van der Waals surface area (Å²) in [5.41, 5.74) is 1.85. The van der Waals surface area contributed by atoms with Crippen LogP contribution in [0.15, 0.2) is 48.5 Å². The lowest BCUT2D eigenvalue weighted by Gasteiger charge is -2.24. The van der Waals surface area contributed by atoms with Gasteiger partial charge in [-0.1, -0.05) is 18.2 Å². The van der Waals surface area contributed by atoms with Crippen molar-refractivity contribution in [1.29, 1.82) is 0 Å². The second kappa shape index (κ2) is 6.81. The number of halogens is 1. The van der Waals surface area contributed by atoms with Gasteiger partial charge < -0.3 is 4.74 Å². The minimum atomic E-state index is -3.39. The quantitative estimate of drug-likeness (QED) is 0.751. The van der Waals surface area contributed by atoms with Crippen LogP contribution < -0.4 is 9.04 Å². The Morgan fingerprint density at radius 3 is 2.62 bits per heavy atom. The van der Waals surface area contributed by atoms with Crippen LogP contribution >= 0.6 is 0 Å². The lowest BCUT2D eigenvalue weighted by Crippen LogP contribution is -2.37. The molecule has 3 rings (SSSR count). The maximum Gasteiger partial charge on any atom is 0.235 e. The maximum absolute atomic E-state index is 12.8. The lowest BCUT2D eigenvalue weighted by atomic mass is 10.1. The van der Waals surface area contributed by atoms with Crippen molar-refractivity contribution >= 4 is 15.7 Å². The molecule has 1 unspecified atom stereocenters. The first-order chi connectivity index (χ1) is 11.5. The van der Waals surface area contributed by atoms with E-state index in [4.69, 9.17) is 4.74 Å². The fourth-order valence-corrected chi connectivity index (χ4v) is 4.80. The van der Waals surface area contributed by atoms with Crippen LogP contribution in [0.25, 0.3) is 0 Å². The number of benzene rings is 2. The zero-order valence-corrected chi connectivity index (χ0v) is 14.3. The summed E-state index contributed by atoms with van der Waals surface area (Å²) < 4.78 is 45.2. The van der Waals surface area contributed by atoms with Crippen LogP contribution in [0.3, 0.4) is 0 Å². The number of ether oxygens (including phenoxy) is 1. The number of anilines is 1. The number of fused-ring (bicyclic) bond motifs is 1. The number of hydrogen-bond donors (Lipinski definition) is 0. The lowest BCUT2D eigenvalue weighted by molar-refractivity contribution is 0.317. The van der Waals surface area contributed by atoms with Crippen LogP contribution in [0, 0.1) is 5.82 Å². The molecule has 4 nitrogen and oxygen atoms in total. The molecular weight excluding hydrogens is 329 g/mol. The number of hydrogen-bond acceptors (Lipinski definition) is 3.